The summed E-state index contributed by atoms with van der Waals surface area (Å²) in [5, 5.41) is 11.3. The highest BCUT2D eigenvalue weighted by atomic mass is 16.5. The van der Waals surface area contributed by atoms with Crippen molar-refractivity contribution >= 4 is 5.95 Å². The number of rotatable bonds is 7. The highest BCUT2D eigenvalue weighted by Crippen LogP contribution is 2.10. The number of hydrogen-bond acceptors (Lipinski definition) is 5. The number of nitrogens with zero attached hydrogens (tertiary/aromatic N) is 5. The zero-order chi connectivity index (χ0) is 13.7. The SMILES string of the molecule is COCCCNc1nc(C)cn1Cc1nncn1C. The Kier molecular flexibility index (Phi) is 4.51. The van der Waals surface area contributed by atoms with Gasteiger partial charge in [-0.2, -0.15) is 0 Å². The molecule has 2 rings (SSSR count). The van der Waals surface area contributed by atoms with Gasteiger partial charge in [0.2, 0.25) is 5.95 Å². The first-order valence-corrected chi connectivity index (χ1v) is 6.30. The van der Waals surface area contributed by atoms with Gasteiger partial charge in [0, 0.05) is 33.5 Å². The molecule has 19 heavy (non-hydrogen) atoms. The number of hydrogen-bond donors (Lipinski definition) is 1. The van der Waals surface area contributed by atoms with E-state index in [1.165, 1.54) is 0 Å². The summed E-state index contributed by atoms with van der Waals surface area (Å²) in [6.07, 6.45) is 4.66. The maximum atomic E-state index is 5.03. The monoisotopic (exact) mass is 264 g/mol. The summed E-state index contributed by atoms with van der Waals surface area (Å²) in [4.78, 5) is 4.47. The van der Waals surface area contributed by atoms with Crippen LogP contribution in [-0.2, 0) is 18.3 Å². The number of aryl methyl sites for hydroxylation is 2. The lowest BCUT2D eigenvalue weighted by molar-refractivity contribution is 0.197. The van der Waals surface area contributed by atoms with Crippen molar-refractivity contribution in [3.05, 3.63) is 24.0 Å². The molecule has 0 radical (unpaired) electrons. The molecule has 0 amide bonds. The van der Waals surface area contributed by atoms with Crippen molar-refractivity contribution in [2.45, 2.75) is 19.9 Å². The molecule has 0 fully saturated rings. The van der Waals surface area contributed by atoms with Crippen molar-refractivity contribution in [2.24, 2.45) is 7.05 Å². The van der Waals surface area contributed by atoms with Gasteiger partial charge >= 0.3 is 0 Å². The number of aromatic nitrogens is 5. The molecule has 0 aliphatic carbocycles. The average molecular weight is 264 g/mol. The largest absolute Gasteiger partial charge is 0.385 e. The first-order chi connectivity index (χ1) is 9.20. The van der Waals surface area contributed by atoms with Crippen molar-refractivity contribution in [1.29, 1.82) is 0 Å². The quantitative estimate of drug-likeness (QED) is 0.750. The third-order valence-electron chi connectivity index (χ3n) is 2.82. The fourth-order valence-corrected chi connectivity index (χ4v) is 1.83. The predicted octanol–water partition coefficient (Wildman–Crippen LogP) is 0.817. The van der Waals surface area contributed by atoms with Gasteiger partial charge in [0.15, 0.2) is 5.82 Å². The van der Waals surface area contributed by atoms with E-state index >= 15 is 0 Å². The number of anilines is 1. The number of ether oxygens (including phenoxy) is 1. The van der Waals surface area contributed by atoms with E-state index in [4.69, 9.17) is 4.74 Å². The van der Waals surface area contributed by atoms with Crippen molar-refractivity contribution in [3.63, 3.8) is 0 Å². The summed E-state index contributed by atoms with van der Waals surface area (Å²) in [7, 11) is 3.64. The Hall–Kier alpha value is -1.89. The molecular formula is C12H20N6O. The summed E-state index contributed by atoms with van der Waals surface area (Å²) < 4.78 is 8.98. The molecule has 0 aliphatic rings. The molecule has 0 atom stereocenters. The highest BCUT2D eigenvalue weighted by Gasteiger charge is 2.08. The fraction of sp³-hybridized carbons (Fsp3) is 0.583. The van der Waals surface area contributed by atoms with Crippen LogP contribution in [0, 0.1) is 6.92 Å². The molecule has 7 nitrogen and oxygen atoms in total. The Morgan fingerprint density at radius 1 is 1.42 bits per heavy atom. The summed E-state index contributed by atoms with van der Waals surface area (Å²) in [6.45, 7) is 4.22. The van der Waals surface area contributed by atoms with Crippen LogP contribution in [-0.4, -0.2) is 44.6 Å². The van der Waals surface area contributed by atoms with Crippen LogP contribution in [0.5, 0.6) is 0 Å². The minimum Gasteiger partial charge on any atom is -0.385 e. The third-order valence-corrected chi connectivity index (χ3v) is 2.82. The lowest BCUT2D eigenvalue weighted by Crippen LogP contribution is -2.12. The first-order valence-electron chi connectivity index (χ1n) is 6.30. The van der Waals surface area contributed by atoms with Crippen LogP contribution in [0.3, 0.4) is 0 Å². The Morgan fingerprint density at radius 2 is 2.26 bits per heavy atom. The molecule has 0 unspecified atom stereocenters. The normalized spacial score (nSPS) is 10.9. The van der Waals surface area contributed by atoms with E-state index in [1.807, 2.05) is 29.3 Å². The lowest BCUT2D eigenvalue weighted by Gasteiger charge is -2.09. The van der Waals surface area contributed by atoms with E-state index < -0.39 is 0 Å². The second kappa shape index (κ2) is 6.33. The van der Waals surface area contributed by atoms with E-state index in [9.17, 15) is 0 Å². The number of nitrogens with one attached hydrogen (secondary N) is 1. The van der Waals surface area contributed by atoms with Crippen LogP contribution in [0.25, 0.3) is 0 Å². The van der Waals surface area contributed by atoms with Crippen LogP contribution >= 0.6 is 0 Å². The van der Waals surface area contributed by atoms with E-state index in [1.54, 1.807) is 13.4 Å². The van der Waals surface area contributed by atoms with Crippen molar-refractivity contribution in [2.75, 3.05) is 25.6 Å². The molecule has 0 aliphatic heterocycles. The van der Waals surface area contributed by atoms with Gasteiger partial charge in [-0.3, -0.25) is 0 Å². The molecule has 2 heterocycles. The second-order valence-electron chi connectivity index (χ2n) is 4.46. The van der Waals surface area contributed by atoms with Crippen molar-refractivity contribution in [3.8, 4) is 0 Å². The minimum atomic E-state index is 0.657. The molecular weight excluding hydrogens is 244 g/mol. The van der Waals surface area contributed by atoms with Gasteiger partial charge in [-0.25, -0.2) is 4.98 Å². The van der Waals surface area contributed by atoms with E-state index in [0.29, 0.717) is 6.54 Å². The second-order valence-corrected chi connectivity index (χ2v) is 4.46. The van der Waals surface area contributed by atoms with E-state index in [0.717, 1.165) is 37.0 Å². The zero-order valence-corrected chi connectivity index (χ0v) is 11.6. The summed E-state index contributed by atoms with van der Waals surface area (Å²) in [6, 6.07) is 0. The van der Waals surface area contributed by atoms with Gasteiger partial charge in [0.05, 0.1) is 12.2 Å². The molecule has 2 aromatic heterocycles. The zero-order valence-electron chi connectivity index (χ0n) is 11.6. The Labute approximate surface area is 112 Å². The Balaban J connectivity index is 2.01. The third kappa shape index (κ3) is 3.54. The first kappa shape index (κ1) is 13.5. The van der Waals surface area contributed by atoms with Crippen LogP contribution in [0.4, 0.5) is 5.95 Å². The highest BCUT2D eigenvalue weighted by molar-refractivity contribution is 5.29. The number of methoxy groups -OCH3 is 1. The van der Waals surface area contributed by atoms with Gasteiger partial charge in [-0.1, -0.05) is 0 Å². The fourth-order valence-electron chi connectivity index (χ4n) is 1.83. The summed E-state index contributed by atoms with van der Waals surface area (Å²) in [5.41, 5.74) is 0.983. The van der Waals surface area contributed by atoms with Crippen LogP contribution in [0.15, 0.2) is 12.5 Å². The van der Waals surface area contributed by atoms with E-state index in [-0.39, 0.29) is 0 Å². The lowest BCUT2D eigenvalue weighted by atomic mass is 10.4. The molecule has 0 spiro atoms. The van der Waals surface area contributed by atoms with Gasteiger partial charge < -0.3 is 19.2 Å². The molecule has 2 aromatic rings. The van der Waals surface area contributed by atoms with Gasteiger partial charge in [-0.15, -0.1) is 10.2 Å². The van der Waals surface area contributed by atoms with Gasteiger partial charge in [-0.05, 0) is 13.3 Å². The van der Waals surface area contributed by atoms with Gasteiger partial charge in [0.25, 0.3) is 0 Å². The molecule has 0 saturated heterocycles. The van der Waals surface area contributed by atoms with Crippen LogP contribution < -0.4 is 5.32 Å². The summed E-state index contributed by atoms with van der Waals surface area (Å²) >= 11 is 0. The number of imidazole rings is 1. The minimum absolute atomic E-state index is 0.657. The maximum absolute atomic E-state index is 5.03. The smallest absolute Gasteiger partial charge is 0.203 e. The molecule has 0 aromatic carbocycles. The predicted molar refractivity (Wildman–Crippen MR) is 72.1 cm³/mol. The standard InChI is InChI=1S/C12H20N6O/c1-10-7-18(8-11-16-14-9-17(11)2)12(15-10)13-5-4-6-19-3/h7,9H,4-6,8H2,1-3H3,(H,13,15). The molecule has 0 saturated carbocycles. The topological polar surface area (TPSA) is 69.8 Å². The maximum Gasteiger partial charge on any atom is 0.203 e. The Bertz CT molecular complexity index is 518. The van der Waals surface area contributed by atoms with Crippen molar-refractivity contribution in [1.82, 2.24) is 24.3 Å². The Morgan fingerprint density at radius 3 is 2.95 bits per heavy atom. The molecule has 104 valence electrons. The summed E-state index contributed by atoms with van der Waals surface area (Å²) in [5.74, 6) is 1.76. The van der Waals surface area contributed by atoms with Crippen LogP contribution in [0.1, 0.15) is 17.9 Å². The van der Waals surface area contributed by atoms with Crippen molar-refractivity contribution < 1.29 is 4.74 Å². The van der Waals surface area contributed by atoms with Crippen LogP contribution in [0.2, 0.25) is 0 Å². The van der Waals surface area contributed by atoms with E-state index in [2.05, 4.69) is 20.5 Å². The van der Waals surface area contributed by atoms with Gasteiger partial charge in [0.1, 0.15) is 6.33 Å². The molecule has 7 heteroatoms. The molecule has 0 bridgehead atoms. The molecule has 1 N–H and O–H groups in total. The average Bonchev–Trinajstić information content (AvgIpc) is 2.93.